The van der Waals surface area contributed by atoms with Gasteiger partial charge >= 0.3 is 11.1 Å². The number of carbonyl (C=O) groups excluding carboxylic acids is 2. The number of ketones is 1. The first kappa shape index (κ1) is 22.4. The van der Waals surface area contributed by atoms with Crippen LogP contribution in [-0.2, 0) is 31.2 Å². The van der Waals surface area contributed by atoms with E-state index in [2.05, 4.69) is 10.1 Å². The highest BCUT2D eigenvalue weighted by Gasteiger charge is 2.60. The van der Waals surface area contributed by atoms with Crippen LogP contribution in [0.1, 0.15) is 20.8 Å². The van der Waals surface area contributed by atoms with E-state index in [0.29, 0.717) is 0 Å². The van der Waals surface area contributed by atoms with Crippen LogP contribution in [0.2, 0.25) is 0 Å². The van der Waals surface area contributed by atoms with Crippen molar-refractivity contribution in [3.8, 4) is 0 Å². The number of rotatable bonds is 5. The first-order valence-electron chi connectivity index (χ1n) is 8.94. The molecule has 3 heterocycles. The largest absolute Gasteiger partial charge is 0.368 e. The minimum absolute atomic E-state index is 0.0170. The fourth-order valence-electron chi connectivity index (χ4n) is 3.28. The summed E-state index contributed by atoms with van der Waals surface area (Å²) in [6, 6.07) is 0. The predicted molar refractivity (Wildman–Crippen MR) is 108 cm³/mol. The molecule has 0 saturated carbocycles. The molecule has 0 radical (unpaired) electrons. The first-order chi connectivity index (χ1) is 13.8. The Bertz CT molecular complexity index is 1170. The van der Waals surface area contributed by atoms with E-state index < -0.39 is 49.5 Å². The van der Waals surface area contributed by atoms with Gasteiger partial charge in [0.15, 0.2) is 32.3 Å². The lowest BCUT2D eigenvalue weighted by molar-refractivity contribution is -0.161. The van der Waals surface area contributed by atoms with E-state index in [9.17, 15) is 27.6 Å². The van der Waals surface area contributed by atoms with Crippen molar-refractivity contribution in [2.75, 3.05) is 18.6 Å². The van der Waals surface area contributed by atoms with Gasteiger partial charge in [-0.05, 0) is 5.57 Å². The van der Waals surface area contributed by atoms with Gasteiger partial charge in [-0.1, -0.05) is 32.5 Å². The molecule has 2 aliphatic heterocycles. The Hall–Kier alpha value is -2.25. The topological polar surface area (TPSA) is 148 Å². The molecule has 2 atom stereocenters. The van der Waals surface area contributed by atoms with Crippen molar-refractivity contribution in [3.63, 3.8) is 0 Å². The molecule has 1 N–H and O–H groups in total. The Balaban J connectivity index is 2.07. The van der Waals surface area contributed by atoms with Crippen LogP contribution in [0.15, 0.2) is 26.0 Å². The van der Waals surface area contributed by atoms with Crippen molar-refractivity contribution < 1.29 is 22.7 Å². The van der Waals surface area contributed by atoms with Gasteiger partial charge in [0, 0.05) is 25.3 Å². The average Bonchev–Trinajstić information content (AvgIpc) is 2.62. The second kappa shape index (κ2) is 7.46. The highest BCUT2D eigenvalue weighted by Crippen LogP contribution is 2.41. The molecule has 30 heavy (non-hydrogen) atoms. The molecule has 1 aromatic rings. The molecule has 2 aliphatic rings. The maximum absolute atomic E-state index is 13.1. The zero-order valence-corrected chi connectivity index (χ0v) is 18.7. The summed E-state index contributed by atoms with van der Waals surface area (Å²) < 4.78 is 31.9. The number of thioether (sulfide) groups is 1. The molecule has 11 nitrogen and oxygen atoms in total. The Morgan fingerprint density at radius 1 is 1.30 bits per heavy atom. The van der Waals surface area contributed by atoms with E-state index in [1.165, 1.54) is 18.8 Å². The summed E-state index contributed by atoms with van der Waals surface area (Å²) in [7, 11) is -1.08. The molecule has 0 bridgehead atoms. The number of hydrogen-bond acceptors (Lipinski definition) is 9. The maximum Gasteiger partial charge on any atom is 0.339 e. The molecule has 1 fully saturated rings. The van der Waals surface area contributed by atoms with Crippen LogP contribution in [0.4, 0.5) is 0 Å². The minimum Gasteiger partial charge on any atom is -0.368 e. The SMILES string of the molecule is CO[C@H]1C(=O)N2C(C(=O)C(C)(C)C)=C(CSc3nc(=O)c(=O)[nH]n3C)CS(=O)(=O)C12. The average molecular weight is 459 g/mol. The quantitative estimate of drug-likeness (QED) is 0.334. The predicted octanol–water partition coefficient (Wildman–Crippen LogP) is -0.958. The number of nitrogens with zero attached hydrogens (tertiary/aromatic N) is 3. The molecule has 3 rings (SSSR count). The molecule has 13 heteroatoms. The van der Waals surface area contributed by atoms with Crippen molar-refractivity contribution in [1.82, 2.24) is 19.7 Å². The lowest BCUT2D eigenvalue weighted by Crippen LogP contribution is -2.71. The zero-order chi connectivity index (χ0) is 22.6. The Morgan fingerprint density at radius 2 is 1.93 bits per heavy atom. The summed E-state index contributed by atoms with van der Waals surface area (Å²) in [5, 5.41) is 1.20. The van der Waals surface area contributed by atoms with Gasteiger partial charge < -0.3 is 4.74 Å². The summed E-state index contributed by atoms with van der Waals surface area (Å²) in [4.78, 5) is 53.3. The monoisotopic (exact) mass is 458 g/mol. The maximum atomic E-state index is 13.1. The molecule has 164 valence electrons. The fraction of sp³-hybridized carbons (Fsp3) is 0.588. The Kier molecular flexibility index (Phi) is 5.58. The number of aromatic nitrogens is 3. The number of carbonyl (C=O) groups is 2. The van der Waals surface area contributed by atoms with Gasteiger partial charge in [0.1, 0.15) is 0 Å². The molecule has 0 aromatic carbocycles. The third-order valence-corrected chi connectivity index (χ3v) is 7.85. The summed E-state index contributed by atoms with van der Waals surface area (Å²) in [5.41, 5.74) is -2.45. The number of allylic oxidation sites excluding steroid dienone is 1. The lowest BCUT2D eigenvalue weighted by Gasteiger charge is -2.49. The van der Waals surface area contributed by atoms with Gasteiger partial charge in [-0.15, -0.1) is 0 Å². The number of H-pyrrole nitrogens is 1. The molecule has 0 aliphatic carbocycles. The van der Waals surface area contributed by atoms with Crippen LogP contribution < -0.4 is 11.1 Å². The van der Waals surface area contributed by atoms with Gasteiger partial charge in [-0.3, -0.25) is 33.9 Å². The minimum atomic E-state index is -3.80. The summed E-state index contributed by atoms with van der Waals surface area (Å²) in [6.45, 7) is 5.03. The number of fused-ring (bicyclic) bond motifs is 1. The summed E-state index contributed by atoms with van der Waals surface area (Å²) >= 11 is 0.982. The smallest absolute Gasteiger partial charge is 0.339 e. The number of sulfone groups is 1. The van der Waals surface area contributed by atoms with E-state index >= 15 is 0 Å². The fourth-order valence-corrected chi connectivity index (χ4v) is 6.37. The normalized spacial score (nSPS) is 23.2. The summed E-state index contributed by atoms with van der Waals surface area (Å²) in [5.74, 6) is -1.40. The number of aromatic amines is 1. The number of Topliss-reactive ketones (excluding diaryl/α,β-unsaturated/α-hetero) is 1. The van der Waals surface area contributed by atoms with Gasteiger partial charge in [-0.2, -0.15) is 4.98 Å². The van der Waals surface area contributed by atoms with Crippen LogP contribution in [0.25, 0.3) is 0 Å². The standard InChI is InChI=1S/C17H22N4O7S2/c1-17(2,3)11(22)9-8(6-29-16-18-12(23)13(24)19-20(16)4)7-30(26,27)15-10(28-5)14(25)21(9)15/h10,15H,6-7H2,1-5H3,(H,19,24)/t10-,15?/m0/s1. The number of methoxy groups -OCH3 is 1. The third-order valence-electron chi connectivity index (χ3n) is 4.79. The molecule has 1 saturated heterocycles. The van der Waals surface area contributed by atoms with Gasteiger partial charge in [0.2, 0.25) is 0 Å². The van der Waals surface area contributed by atoms with Crippen LogP contribution >= 0.6 is 11.8 Å². The second-order valence-electron chi connectivity index (χ2n) is 8.08. The van der Waals surface area contributed by atoms with E-state index in [1.54, 1.807) is 20.8 Å². The van der Waals surface area contributed by atoms with E-state index in [0.717, 1.165) is 16.7 Å². The van der Waals surface area contributed by atoms with Crippen molar-refractivity contribution in [3.05, 3.63) is 32.0 Å². The molecule has 1 unspecified atom stereocenters. The van der Waals surface area contributed by atoms with Crippen LogP contribution in [0, 0.1) is 5.41 Å². The van der Waals surface area contributed by atoms with Crippen LogP contribution in [0.3, 0.4) is 0 Å². The van der Waals surface area contributed by atoms with Gasteiger partial charge in [0.05, 0.1) is 11.4 Å². The Labute approximate surface area is 176 Å². The molecule has 1 amide bonds. The van der Waals surface area contributed by atoms with Crippen LogP contribution in [-0.4, -0.2) is 69.9 Å². The number of β-lactam (4-membered cyclic amide) rings is 1. The van der Waals surface area contributed by atoms with Crippen molar-refractivity contribution in [1.29, 1.82) is 0 Å². The van der Waals surface area contributed by atoms with Gasteiger partial charge in [0.25, 0.3) is 5.91 Å². The molecular weight excluding hydrogens is 436 g/mol. The van der Waals surface area contributed by atoms with E-state index in [-0.39, 0.29) is 28.0 Å². The lowest BCUT2D eigenvalue weighted by atomic mass is 9.86. The highest BCUT2D eigenvalue weighted by atomic mass is 32.2. The number of nitrogens with one attached hydrogen (secondary N) is 1. The summed E-state index contributed by atoms with van der Waals surface area (Å²) in [6.07, 6.45) is -1.14. The van der Waals surface area contributed by atoms with Crippen molar-refractivity contribution in [2.24, 2.45) is 12.5 Å². The zero-order valence-electron chi connectivity index (χ0n) is 17.1. The van der Waals surface area contributed by atoms with E-state index in [4.69, 9.17) is 4.74 Å². The van der Waals surface area contributed by atoms with Crippen molar-refractivity contribution >= 4 is 33.3 Å². The third kappa shape index (κ3) is 3.65. The molecular formula is C17H22N4O7S2. The highest BCUT2D eigenvalue weighted by molar-refractivity contribution is 7.99. The number of aryl methyl sites for hydroxylation is 1. The van der Waals surface area contributed by atoms with Crippen molar-refractivity contribution in [2.45, 2.75) is 37.4 Å². The number of ether oxygens (including phenoxy) is 1. The second-order valence-corrected chi connectivity index (χ2v) is 11.1. The number of hydrogen-bond donors (Lipinski definition) is 1. The first-order valence-corrected chi connectivity index (χ1v) is 11.6. The molecule has 0 spiro atoms. The van der Waals surface area contributed by atoms with Gasteiger partial charge in [-0.25, -0.2) is 8.42 Å². The Morgan fingerprint density at radius 3 is 2.50 bits per heavy atom. The molecule has 1 aromatic heterocycles. The van der Waals surface area contributed by atoms with E-state index in [1.807, 2.05) is 0 Å². The van der Waals surface area contributed by atoms with Crippen LogP contribution in [0.5, 0.6) is 0 Å². The number of amides is 1.